The lowest BCUT2D eigenvalue weighted by atomic mass is 9.74. The summed E-state index contributed by atoms with van der Waals surface area (Å²) in [7, 11) is 7.41. The molecular formula is C72H93F8N11O14. The Bertz CT molecular complexity index is 3620. The second kappa shape index (κ2) is 34.5. The van der Waals surface area contributed by atoms with Crippen LogP contribution in [0.4, 0.5) is 35.1 Å². The molecule has 6 aliphatic rings. The number of carbonyl (C=O) groups excluding carboxylic acids is 11. The Morgan fingerprint density at radius 1 is 0.676 bits per heavy atom. The number of carbonyl (C=O) groups is 12. The van der Waals surface area contributed by atoms with Crippen molar-refractivity contribution in [1.29, 1.82) is 0 Å². The molecule has 25 nitrogen and oxygen atoms in total. The quantitative estimate of drug-likeness (QED) is 0.151. The molecule has 2 saturated heterocycles. The van der Waals surface area contributed by atoms with E-state index in [1.54, 1.807) is 19.1 Å². The summed E-state index contributed by atoms with van der Waals surface area (Å²) in [6, 6.07) is -8.00. The van der Waals surface area contributed by atoms with Crippen LogP contribution in [-0.4, -0.2) is 250 Å². The smallest absolute Gasteiger partial charge is 0.422 e. The van der Waals surface area contributed by atoms with E-state index in [4.69, 9.17) is 4.74 Å². The molecule has 5 fully saturated rings. The number of hydrogen-bond acceptors (Lipinski definition) is 13. The van der Waals surface area contributed by atoms with Crippen molar-refractivity contribution in [1.82, 2.24) is 55.1 Å². The van der Waals surface area contributed by atoms with Crippen molar-refractivity contribution in [2.24, 2.45) is 11.8 Å². The van der Waals surface area contributed by atoms with Crippen molar-refractivity contribution in [3.63, 3.8) is 0 Å². The van der Waals surface area contributed by atoms with E-state index in [0.717, 1.165) is 70.5 Å². The maximum absolute atomic E-state index is 15.4. The van der Waals surface area contributed by atoms with Gasteiger partial charge in [-0.2, -0.15) is 26.3 Å². The molecule has 3 heterocycles. The fraction of sp³-hybridized carbons (Fsp3) is 0.611. The van der Waals surface area contributed by atoms with E-state index < -0.39 is 216 Å². The monoisotopic (exact) mass is 1490 g/mol. The van der Waals surface area contributed by atoms with Crippen LogP contribution in [0.3, 0.4) is 0 Å². The third-order valence-electron chi connectivity index (χ3n) is 21.1. The minimum atomic E-state index is -5.46. The van der Waals surface area contributed by atoms with Gasteiger partial charge in [-0.1, -0.05) is 56.0 Å². The van der Waals surface area contributed by atoms with Gasteiger partial charge in [0.1, 0.15) is 71.1 Å². The highest BCUT2D eigenvalue weighted by molar-refractivity contribution is 6.01. The number of alkyl halides is 6. The van der Waals surface area contributed by atoms with Gasteiger partial charge in [-0.3, -0.25) is 52.7 Å². The Balaban J connectivity index is 1.20. The average molecular weight is 1490 g/mol. The Kier molecular flexibility index (Phi) is 26.8. The Labute approximate surface area is 603 Å². The van der Waals surface area contributed by atoms with Crippen LogP contribution >= 0.6 is 0 Å². The van der Waals surface area contributed by atoms with Crippen LogP contribution in [0.1, 0.15) is 132 Å². The number of carboxylic acids is 1. The molecule has 0 aromatic heterocycles. The molecule has 11 amide bonds. The number of nitrogens with zero attached hydrogens (tertiary/aromatic N) is 8. The van der Waals surface area contributed by atoms with Gasteiger partial charge in [-0.25, -0.2) is 13.6 Å². The van der Waals surface area contributed by atoms with E-state index >= 15 is 37.5 Å². The van der Waals surface area contributed by atoms with Crippen LogP contribution in [-0.2, 0) is 87.5 Å². The summed E-state index contributed by atoms with van der Waals surface area (Å²) in [4.78, 5) is 185. The molecule has 105 heavy (non-hydrogen) atoms. The second-order valence-electron chi connectivity index (χ2n) is 28.4. The normalized spacial score (nSPS) is 26.8. The summed E-state index contributed by atoms with van der Waals surface area (Å²) in [5.74, 6) is -16.2. The molecule has 33 heteroatoms. The fourth-order valence-corrected chi connectivity index (χ4v) is 14.7. The summed E-state index contributed by atoms with van der Waals surface area (Å²) in [5, 5.41) is 18.9. The van der Waals surface area contributed by atoms with E-state index in [0.29, 0.717) is 57.1 Å². The zero-order valence-corrected chi connectivity index (χ0v) is 59.9. The predicted molar refractivity (Wildman–Crippen MR) is 361 cm³/mol. The van der Waals surface area contributed by atoms with Gasteiger partial charge in [0.05, 0.1) is 31.2 Å². The first-order valence-electron chi connectivity index (χ1n) is 35.3. The molecule has 3 saturated carbocycles. The van der Waals surface area contributed by atoms with Gasteiger partial charge in [0.2, 0.25) is 65.0 Å². The second-order valence-corrected chi connectivity index (χ2v) is 28.4. The molecule has 1 unspecified atom stereocenters. The summed E-state index contributed by atoms with van der Waals surface area (Å²) in [6.07, 6.45) is -5.85. The number of nitrogens with one attached hydrogen (secondary N) is 3. The van der Waals surface area contributed by atoms with Crippen molar-refractivity contribution in [2.75, 3.05) is 75.1 Å². The first-order chi connectivity index (χ1) is 49.4. The van der Waals surface area contributed by atoms with Gasteiger partial charge < -0.3 is 65.0 Å². The third kappa shape index (κ3) is 19.5. The molecule has 3 aliphatic carbocycles. The molecular weight excluding hydrogens is 1390 g/mol. The van der Waals surface area contributed by atoms with Crippen LogP contribution in [0.5, 0.6) is 0 Å². The number of ether oxygens (including phenoxy) is 1. The molecule has 9 atom stereocenters. The molecule has 3 aliphatic heterocycles. The highest BCUT2D eigenvalue weighted by Crippen LogP contribution is 2.40. The number of carboxylic acid groups (broad SMARTS) is 1. The minimum absolute atomic E-state index is 0.00288. The number of likely N-dealkylation sites (N-methyl/N-ethyl adjacent to an activating group) is 6. The van der Waals surface area contributed by atoms with E-state index in [2.05, 4.69) is 22.5 Å². The first kappa shape index (κ1) is 81.6. The SMILES string of the molecule is C=CC[C@@H]1NC(=O)[C@H](CC2CC2)N(C)C(=O)C[C@@H](C(=O)O)N(C)C(=O)[C@H](C2CCCC2)N(C)C(=O)C2(CCC2)NC(=O)[C@@H]2C[C@@H](OCC)CN2C(=O)[C@H](CCc2cc(F)c(C(F)(F)F)c(F)c2)NC(=O)CN(C)C(=O)C(Cc2ccc(C(F)(F)F)cc2)N2CC/C=C\C[C@@H](C2=O)N(C)C(=O)CN(C)C1=O. The minimum Gasteiger partial charge on any atom is -0.480 e. The van der Waals surface area contributed by atoms with E-state index in [-0.39, 0.29) is 76.1 Å². The maximum Gasteiger partial charge on any atom is 0.422 e. The summed E-state index contributed by atoms with van der Waals surface area (Å²) in [5.41, 5.74) is -5.32. The van der Waals surface area contributed by atoms with Crippen LogP contribution in [0.15, 0.2) is 61.2 Å². The van der Waals surface area contributed by atoms with Gasteiger partial charge >= 0.3 is 18.3 Å². The van der Waals surface area contributed by atoms with Crippen molar-refractivity contribution < 1.29 is 103 Å². The molecule has 2 bridgehead atoms. The lowest BCUT2D eigenvalue weighted by molar-refractivity contribution is -0.159. The number of halogens is 8. The molecule has 2 aromatic rings. The van der Waals surface area contributed by atoms with Gasteiger partial charge in [0, 0.05) is 74.8 Å². The molecule has 576 valence electrons. The van der Waals surface area contributed by atoms with Crippen LogP contribution in [0.25, 0.3) is 0 Å². The van der Waals surface area contributed by atoms with Gasteiger partial charge in [0.25, 0.3) is 0 Å². The lowest BCUT2D eigenvalue weighted by Gasteiger charge is -2.46. The number of aliphatic carboxylic acids is 1. The first-order valence-corrected chi connectivity index (χ1v) is 35.3. The zero-order chi connectivity index (χ0) is 77.3. The highest BCUT2D eigenvalue weighted by Gasteiger charge is 2.54. The number of fused-ring (bicyclic) bond motifs is 3. The molecule has 4 N–H and O–H groups in total. The van der Waals surface area contributed by atoms with Crippen LogP contribution < -0.4 is 16.0 Å². The topological polar surface area (TPSA) is 296 Å². The van der Waals surface area contributed by atoms with Crippen LogP contribution in [0.2, 0.25) is 0 Å². The fourth-order valence-electron chi connectivity index (χ4n) is 14.7. The number of aryl methyl sites for hydroxylation is 1. The predicted octanol–water partition coefficient (Wildman–Crippen LogP) is 5.02. The van der Waals surface area contributed by atoms with E-state index in [9.17, 15) is 60.2 Å². The zero-order valence-electron chi connectivity index (χ0n) is 59.9. The molecule has 2 aromatic carbocycles. The van der Waals surface area contributed by atoms with Gasteiger partial charge in [-0.15, -0.1) is 6.58 Å². The molecule has 1 spiro atoms. The van der Waals surface area contributed by atoms with Gasteiger partial charge in [0.15, 0.2) is 0 Å². The van der Waals surface area contributed by atoms with Crippen molar-refractivity contribution in [3.05, 3.63) is 95.1 Å². The number of amides is 11. The summed E-state index contributed by atoms with van der Waals surface area (Å²) < 4.78 is 119. The van der Waals surface area contributed by atoms with E-state index in [1.165, 1.54) is 41.3 Å². The van der Waals surface area contributed by atoms with Crippen LogP contribution in [0, 0.1) is 23.5 Å². The van der Waals surface area contributed by atoms with Gasteiger partial charge in [-0.05, 0) is 125 Å². The number of benzene rings is 2. The summed E-state index contributed by atoms with van der Waals surface area (Å²) in [6.45, 7) is 3.09. The number of hydrogen-bond donors (Lipinski definition) is 4. The standard InChI is InChI=1S/C72H93F8N11O14/c1-9-17-49-63(97)85(4)40-58(94)86(5)51-20-12-11-15-31-90(66(51)100)54(35-42-23-26-45(27-24-42)71(75,76)77)65(99)84(3)39-56(92)81-50(28-25-43-32-47(73)59(48(74)33-43)72(78,79)80)64(98)91-38-46(105-10-2)36-53(91)62(96)83-70(29-16-30-70)69(104)89(8)60(44-18-13-14-19-44)67(101)88(7)55(68(102)103)37-57(93)87(6)52(61(95)82-49)34-41-21-22-41/h9,11-12,23-24,26-27,32-33,41,44,46,49-55,60H,1,10,13-22,25,28-31,34-40H2,2-8H3,(H,81,92)(H,82,95)(H,83,96)(H,102,103)/b12-11-/t46-,49+,50+,51+,52+,53+,54?,55+,60+/m1/s1. The molecule has 8 rings (SSSR count). The number of rotatable bonds is 13. The Morgan fingerprint density at radius 3 is 1.89 bits per heavy atom. The van der Waals surface area contributed by atoms with Crippen molar-refractivity contribution in [2.45, 2.75) is 195 Å². The third-order valence-corrected chi connectivity index (χ3v) is 21.1. The Hall–Kier alpha value is -9.04. The largest absolute Gasteiger partial charge is 0.480 e. The Morgan fingerprint density at radius 2 is 1.31 bits per heavy atom. The highest BCUT2D eigenvalue weighted by atomic mass is 19.4. The lowest BCUT2D eigenvalue weighted by Crippen LogP contribution is -2.68. The average Bonchev–Trinajstić information content (AvgIpc) is 1.71. The summed E-state index contributed by atoms with van der Waals surface area (Å²) >= 11 is 0. The van der Waals surface area contributed by atoms with Crippen molar-refractivity contribution in [3.8, 4) is 0 Å². The van der Waals surface area contributed by atoms with E-state index in [1.807, 2.05) is 0 Å². The van der Waals surface area contributed by atoms with Crippen molar-refractivity contribution >= 4 is 70.9 Å². The molecule has 0 radical (unpaired) electrons. The maximum atomic E-state index is 15.4.